The van der Waals surface area contributed by atoms with Crippen LogP contribution in [-0.2, 0) is 4.79 Å². The maximum Gasteiger partial charge on any atom is 0.254 e. The van der Waals surface area contributed by atoms with E-state index < -0.39 is 5.82 Å². The van der Waals surface area contributed by atoms with Crippen LogP contribution in [0.4, 0.5) is 10.1 Å². The number of piperazine rings is 1. The molecule has 2 amide bonds. The van der Waals surface area contributed by atoms with E-state index in [2.05, 4.69) is 0 Å². The molecular weight excluding hydrogens is 273 g/mol. The van der Waals surface area contributed by atoms with Crippen molar-refractivity contribution in [3.8, 4) is 0 Å². The number of nitrogens with two attached hydrogens (primary N) is 1. The molecule has 0 aliphatic carbocycles. The molecule has 1 fully saturated rings. The van der Waals surface area contributed by atoms with Crippen LogP contribution in [0.2, 0.25) is 0 Å². The maximum atomic E-state index is 13.3. The van der Waals surface area contributed by atoms with Crippen molar-refractivity contribution in [2.24, 2.45) is 5.92 Å². The van der Waals surface area contributed by atoms with Crippen molar-refractivity contribution in [2.75, 3.05) is 31.9 Å². The monoisotopic (exact) mass is 293 g/mol. The lowest BCUT2D eigenvalue weighted by Crippen LogP contribution is -2.51. The van der Waals surface area contributed by atoms with Crippen molar-refractivity contribution in [1.29, 1.82) is 0 Å². The van der Waals surface area contributed by atoms with Crippen LogP contribution in [0.3, 0.4) is 0 Å². The minimum atomic E-state index is -0.521. The molecule has 1 aromatic rings. The van der Waals surface area contributed by atoms with Crippen molar-refractivity contribution in [3.05, 3.63) is 29.6 Å². The minimum absolute atomic E-state index is 0.0460. The standard InChI is InChI=1S/C15H20FN3O2/c1-10(2)14(20)18-3-5-19(6-4-18)15(21)11-7-12(16)9-13(17)8-11/h7-10H,3-6,17H2,1-2H3. The van der Waals surface area contributed by atoms with Crippen LogP contribution in [0, 0.1) is 11.7 Å². The molecule has 1 aliphatic heterocycles. The first-order valence-electron chi connectivity index (χ1n) is 7.02. The number of hydrogen-bond acceptors (Lipinski definition) is 3. The van der Waals surface area contributed by atoms with Gasteiger partial charge in [0.2, 0.25) is 5.91 Å². The van der Waals surface area contributed by atoms with Gasteiger partial charge in [-0.25, -0.2) is 4.39 Å². The van der Waals surface area contributed by atoms with Crippen molar-refractivity contribution < 1.29 is 14.0 Å². The van der Waals surface area contributed by atoms with E-state index in [1.807, 2.05) is 13.8 Å². The highest BCUT2D eigenvalue weighted by atomic mass is 19.1. The summed E-state index contributed by atoms with van der Waals surface area (Å²) in [5, 5.41) is 0. The van der Waals surface area contributed by atoms with Gasteiger partial charge in [-0.3, -0.25) is 9.59 Å². The van der Waals surface area contributed by atoms with Gasteiger partial charge >= 0.3 is 0 Å². The SMILES string of the molecule is CC(C)C(=O)N1CCN(C(=O)c2cc(N)cc(F)c2)CC1. The highest BCUT2D eigenvalue weighted by molar-refractivity contribution is 5.95. The molecule has 2 N–H and O–H groups in total. The predicted molar refractivity (Wildman–Crippen MR) is 78.1 cm³/mol. The zero-order valence-electron chi connectivity index (χ0n) is 12.3. The third-order valence-corrected chi connectivity index (χ3v) is 3.54. The van der Waals surface area contributed by atoms with E-state index in [1.54, 1.807) is 9.80 Å². The normalized spacial score (nSPS) is 15.4. The number of anilines is 1. The van der Waals surface area contributed by atoms with Crippen molar-refractivity contribution in [3.63, 3.8) is 0 Å². The fourth-order valence-corrected chi connectivity index (χ4v) is 2.41. The van der Waals surface area contributed by atoms with E-state index >= 15 is 0 Å². The average molecular weight is 293 g/mol. The molecule has 0 atom stereocenters. The number of nitrogens with zero attached hydrogens (tertiary/aromatic N) is 2. The molecule has 5 nitrogen and oxygen atoms in total. The molecular formula is C15H20FN3O2. The number of carbonyl (C=O) groups is 2. The first kappa shape index (κ1) is 15.3. The molecule has 114 valence electrons. The molecule has 1 saturated heterocycles. The Morgan fingerprint density at radius 2 is 1.67 bits per heavy atom. The first-order valence-corrected chi connectivity index (χ1v) is 7.02. The molecule has 0 unspecified atom stereocenters. The number of halogens is 1. The fourth-order valence-electron chi connectivity index (χ4n) is 2.41. The van der Waals surface area contributed by atoms with Crippen LogP contribution >= 0.6 is 0 Å². The van der Waals surface area contributed by atoms with Crippen LogP contribution in [0.5, 0.6) is 0 Å². The van der Waals surface area contributed by atoms with E-state index in [9.17, 15) is 14.0 Å². The zero-order valence-corrected chi connectivity index (χ0v) is 12.3. The Hall–Kier alpha value is -2.11. The van der Waals surface area contributed by atoms with E-state index in [0.717, 1.165) is 0 Å². The van der Waals surface area contributed by atoms with Crippen molar-refractivity contribution >= 4 is 17.5 Å². The smallest absolute Gasteiger partial charge is 0.254 e. The molecule has 21 heavy (non-hydrogen) atoms. The van der Waals surface area contributed by atoms with E-state index in [1.165, 1.54) is 18.2 Å². The summed E-state index contributed by atoms with van der Waals surface area (Å²) in [7, 11) is 0. The van der Waals surface area contributed by atoms with Gasteiger partial charge in [0.15, 0.2) is 0 Å². The summed E-state index contributed by atoms with van der Waals surface area (Å²) >= 11 is 0. The summed E-state index contributed by atoms with van der Waals surface area (Å²) in [6.45, 7) is 5.63. The summed E-state index contributed by atoms with van der Waals surface area (Å²) in [6.07, 6.45) is 0. The van der Waals surface area contributed by atoms with E-state index in [-0.39, 0.29) is 29.0 Å². The van der Waals surface area contributed by atoms with Gasteiger partial charge in [0, 0.05) is 43.3 Å². The van der Waals surface area contributed by atoms with E-state index in [4.69, 9.17) is 5.73 Å². The second-order valence-corrected chi connectivity index (χ2v) is 5.55. The van der Waals surface area contributed by atoms with Crippen molar-refractivity contribution in [1.82, 2.24) is 9.80 Å². The molecule has 2 rings (SSSR count). The molecule has 0 aromatic heterocycles. The quantitative estimate of drug-likeness (QED) is 0.837. The number of rotatable bonds is 2. The molecule has 1 aliphatic rings. The topological polar surface area (TPSA) is 66.6 Å². The Balaban J connectivity index is 2.02. The number of amides is 2. The van der Waals surface area contributed by atoms with E-state index in [0.29, 0.717) is 26.2 Å². The van der Waals surface area contributed by atoms with Gasteiger partial charge in [0.05, 0.1) is 0 Å². The lowest BCUT2D eigenvalue weighted by molar-refractivity contribution is -0.135. The first-order chi connectivity index (χ1) is 9.88. The summed E-state index contributed by atoms with van der Waals surface area (Å²) in [6, 6.07) is 3.83. The summed E-state index contributed by atoms with van der Waals surface area (Å²) in [5.41, 5.74) is 6.03. The Morgan fingerprint density at radius 1 is 1.10 bits per heavy atom. The number of benzene rings is 1. The van der Waals surface area contributed by atoms with Gasteiger partial charge in [-0.1, -0.05) is 13.8 Å². The third-order valence-electron chi connectivity index (χ3n) is 3.54. The number of hydrogen-bond donors (Lipinski definition) is 1. The minimum Gasteiger partial charge on any atom is -0.399 e. The van der Waals surface area contributed by atoms with Gasteiger partial charge < -0.3 is 15.5 Å². The lowest BCUT2D eigenvalue weighted by Gasteiger charge is -2.35. The summed E-state index contributed by atoms with van der Waals surface area (Å²) < 4.78 is 13.3. The zero-order chi connectivity index (χ0) is 15.6. The fraction of sp³-hybridized carbons (Fsp3) is 0.467. The van der Waals surface area contributed by atoms with Gasteiger partial charge in [0.25, 0.3) is 5.91 Å². The van der Waals surface area contributed by atoms with Gasteiger partial charge in [-0.15, -0.1) is 0 Å². The van der Waals surface area contributed by atoms with Crippen LogP contribution < -0.4 is 5.73 Å². The molecule has 6 heteroatoms. The van der Waals surface area contributed by atoms with Gasteiger partial charge in [-0.2, -0.15) is 0 Å². The average Bonchev–Trinajstić information content (AvgIpc) is 2.44. The molecule has 0 spiro atoms. The molecule has 1 aromatic carbocycles. The number of nitrogen functional groups attached to an aromatic ring is 1. The van der Waals surface area contributed by atoms with Gasteiger partial charge in [0.1, 0.15) is 5.82 Å². The van der Waals surface area contributed by atoms with Crippen LogP contribution in [0.1, 0.15) is 24.2 Å². The highest BCUT2D eigenvalue weighted by Crippen LogP contribution is 2.15. The summed E-state index contributed by atoms with van der Waals surface area (Å²) in [4.78, 5) is 27.6. The van der Waals surface area contributed by atoms with Crippen LogP contribution in [-0.4, -0.2) is 47.8 Å². The van der Waals surface area contributed by atoms with Crippen LogP contribution in [0.15, 0.2) is 18.2 Å². The molecule has 0 saturated carbocycles. The molecule has 1 heterocycles. The Kier molecular flexibility index (Phi) is 4.45. The summed E-state index contributed by atoms with van der Waals surface area (Å²) in [5.74, 6) is -0.725. The third kappa shape index (κ3) is 3.51. The Labute approximate surface area is 123 Å². The van der Waals surface area contributed by atoms with Gasteiger partial charge in [-0.05, 0) is 18.2 Å². The number of carbonyl (C=O) groups excluding carboxylic acids is 2. The second kappa shape index (κ2) is 6.11. The highest BCUT2D eigenvalue weighted by Gasteiger charge is 2.26. The maximum absolute atomic E-state index is 13.3. The molecule has 0 bridgehead atoms. The predicted octanol–water partition coefficient (Wildman–Crippen LogP) is 1.35. The largest absolute Gasteiger partial charge is 0.399 e. The molecule has 0 radical (unpaired) electrons. The Bertz CT molecular complexity index is 532. The second-order valence-electron chi connectivity index (χ2n) is 5.55. The lowest BCUT2D eigenvalue weighted by atomic mass is 10.1. The Morgan fingerprint density at radius 3 is 2.19 bits per heavy atom. The van der Waals surface area contributed by atoms with Crippen molar-refractivity contribution in [2.45, 2.75) is 13.8 Å². The van der Waals surface area contributed by atoms with Crippen LogP contribution in [0.25, 0.3) is 0 Å².